The molecule has 0 aromatic carbocycles. The second kappa shape index (κ2) is 4.76. The van der Waals surface area contributed by atoms with Crippen molar-refractivity contribution >= 4 is 6.09 Å². The van der Waals surface area contributed by atoms with Crippen molar-refractivity contribution in [3.05, 3.63) is 29.1 Å². The molecule has 4 heteroatoms. The molecule has 0 unspecified atom stereocenters. The highest BCUT2D eigenvalue weighted by atomic mass is 16.6. The van der Waals surface area contributed by atoms with Crippen molar-refractivity contribution in [3.63, 3.8) is 0 Å². The molecule has 108 valence electrons. The highest BCUT2D eigenvalue weighted by Gasteiger charge is 2.28. The van der Waals surface area contributed by atoms with Gasteiger partial charge in [-0.25, -0.2) is 4.79 Å². The molecule has 4 nitrogen and oxygen atoms in total. The van der Waals surface area contributed by atoms with E-state index in [0.717, 1.165) is 12.1 Å². The molecule has 1 amide bonds. The lowest BCUT2D eigenvalue weighted by atomic mass is 10.0. The zero-order valence-electron chi connectivity index (χ0n) is 12.5. The van der Waals surface area contributed by atoms with Gasteiger partial charge in [-0.05, 0) is 50.7 Å². The Balaban J connectivity index is 1.73. The van der Waals surface area contributed by atoms with Gasteiger partial charge in [0, 0.05) is 24.9 Å². The Morgan fingerprint density at radius 2 is 2.15 bits per heavy atom. The van der Waals surface area contributed by atoms with Crippen molar-refractivity contribution in [1.82, 2.24) is 9.88 Å². The summed E-state index contributed by atoms with van der Waals surface area (Å²) in [6.45, 7) is 7.01. The first-order valence-corrected chi connectivity index (χ1v) is 7.38. The quantitative estimate of drug-likeness (QED) is 0.789. The van der Waals surface area contributed by atoms with E-state index in [9.17, 15) is 4.79 Å². The van der Waals surface area contributed by atoms with E-state index in [1.54, 1.807) is 4.90 Å². The maximum absolute atomic E-state index is 12.1. The number of carbonyl (C=O) groups excluding carboxylic acids is 1. The molecular weight excluding hydrogens is 252 g/mol. The summed E-state index contributed by atoms with van der Waals surface area (Å²) in [6.07, 6.45) is 5.16. The molecule has 3 rings (SSSR count). The summed E-state index contributed by atoms with van der Waals surface area (Å²) in [5.41, 5.74) is 3.21. The minimum atomic E-state index is -0.439. The number of carbonyl (C=O) groups is 1. The van der Waals surface area contributed by atoms with Gasteiger partial charge in [-0.3, -0.25) is 4.98 Å². The van der Waals surface area contributed by atoms with Crippen molar-refractivity contribution in [2.24, 2.45) is 0 Å². The van der Waals surface area contributed by atoms with Gasteiger partial charge >= 0.3 is 6.09 Å². The van der Waals surface area contributed by atoms with Crippen LogP contribution in [0.1, 0.15) is 56.4 Å². The molecule has 1 aromatic heterocycles. The van der Waals surface area contributed by atoms with Crippen molar-refractivity contribution in [2.75, 3.05) is 6.54 Å². The minimum Gasteiger partial charge on any atom is -0.444 e. The zero-order valence-corrected chi connectivity index (χ0v) is 12.5. The highest BCUT2D eigenvalue weighted by molar-refractivity contribution is 5.68. The van der Waals surface area contributed by atoms with Gasteiger partial charge in [-0.2, -0.15) is 0 Å². The molecule has 1 saturated carbocycles. The molecule has 0 atom stereocenters. The molecule has 0 spiro atoms. The third-order valence-corrected chi connectivity index (χ3v) is 3.76. The fraction of sp³-hybridized carbons (Fsp3) is 0.625. The van der Waals surface area contributed by atoms with E-state index in [1.807, 2.05) is 27.0 Å². The lowest BCUT2D eigenvalue weighted by molar-refractivity contribution is 0.0222. The molecule has 2 heterocycles. The average molecular weight is 274 g/mol. The Kier molecular flexibility index (Phi) is 3.19. The Morgan fingerprint density at radius 3 is 2.80 bits per heavy atom. The van der Waals surface area contributed by atoms with Crippen LogP contribution in [0.4, 0.5) is 4.79 Å². The second-order valence-corrected chi connectivity index (χ2v) is 6.80. The first-order chi connectivity index (χ1) is 9.42. The third-order valence-electron chi connectivity index (χ3n) is 3.76. The number of amides is 1. The molecule has 0 radical (unpaired) electrons. The predicted molar refractivity (Wildman–Crippen MR) is 76.6 cm³/mol. The Bertz CT molecular complexity index is 530. The van der Waals surface area contributed by atoms with Crippen molar-refractivity contribution < 1.29 is 9.53 Å². The molecule has 2 aliphatic rings. The van der Waals surface area contributed by atoms with Gasteiger partial charge in [0.1, 0.15) is 5.60 Å². The van der Waals surface area contributed by atoms with Gasteiger partial charge in [0.2, 0.25) is 0 Å². The summed E-state index contributed by atoms with van der Waals surface area (Å²) < 4.78 is 5.45. The van der Waals surface area contributed by atoms with E-state index in [1.165, 1.54) is 24.0 Å². The van der Waals surface area contributed by atoms with Crippen LogP contribution >= 0.6 is 0 Å². The number of hydrogen-bond acceptors (Lipinski definition) is 3. The van der Waals surface area contributed by atoms with Crippen LogP contribution in [0.5, 0.6) is 0 Å². The summed E-state index contributed by atoms with van der Waals surface area (Å²) in [7, 11) is 0. The molecule has 1 aliphatic heterocycles. The van der Waals surface area contributed by atoms with Gasteiger partial charge in [-0.15, -0.1) is 0 Å². The first kappa shape index (κ1) is 13.4. The molecule has 1 aliphatic carbocycles. The maximum Gasteiger partial charge on any atom is 0.410 e. The summed E-state index contributed by atoms with van der Waals surface area (Å²) in [5.74, 6) is 0.699. The van der Waals surface area contributed by atoms with Crippen LogP contribution in [-0.2, 0) is 17.7 Å². The molecule has 1 fully saturated rings. The van der Waals surface area contributed by atoms with Crippen LogP contribution in [0.2, 0.25) is 0 Å². The van der Waals surface area contributed by atoms with Crippen LogP contribution < -0.4 is 0 Å². The maximum atomic E-state index is 12.1. The summed E-state index contributed by atoms with van der Waals surface area (Å²) in [6, 6.07) is 2.23. The number of aromatic nitrogens is 1. The number of ether oxygens (including phenoxy) is 1. The van der Waals surface area contributed by atoms with Gasteiger partial charge in [0.05, 0.1) is 6.54 Å². The summed E-state index contributed by atoms with van der Waals surface area (Å²) >= 11 is 0. The predicted octanol–water partition coefficient (Wildman–Crippen LogP) is 3.25. The molecule has 1 aromatic rings. The average Bonchev–Trinajstić information content (AvgIpc) is 3.19. The molecular formula is C16H22N2O2. The van der Waals surface area contributed by atoms with E-state index in [4.69, 9.17) is 4.74 Å². The first-order valence-electron chi connectivity index (χ1n) is 7.38. The Hall–Kier alpha value is -1.58. The van der Waals surface area contributed by atoms with E-state index in [2.05, 4.69) is 11.1 Å². The largest absolute Gasteiger partial charge is 0.444 e. The zero-order chi connectivity index (χ0) is 14.3. The second-order valence-electron chi connectivity index (χ2n) is 6.80. The van der Waals surface area contributed by atoms with Crippen LogP contribution in [0.15, 0.2) is 12.3 Å². The lowest BCUT2D eigenvalue weighted by Gasteiger charge is -2.31. The van der Waals surface area contributed by atoms with Crippen LogP contribution in [0, 0.1) is 0 Å². The lowest BCUT2D eigenvalue weighted by Crippen LogP contribution is -2.40. The topological polar surface area (TPSA) is 42.4 Å². The fourth-order valence-corrected chi connectivity index (χ4v) is 2.57. The van der Waals surface area contributed by atoms with Gasteiger partial charge in [-0.1, -0.05) is 6.07 Å². The van der Waals surface area contributed by atoms with E-state index in [0.29, 0.717) is 19.0 Å². The standard InChI is InChI=1S/C16H22N2O2/c1-16(2,3)20-15(19)18-7-6-14-13(10-18)8-12(9-17-14)11-4-5-11/h8-9,11H,4-7,10H2,1-3H3. The van der Waals surface area contributed by atoms with E-state index in [-0.39, 0.29) is 6.09 Å². The van der Waals surface area contributed by atoms with Crippen molar-refractivity contribution in [3.8, 4) is 0 Å². The third kappa shape index (κ3) is 2.94. The van der Waals surface area contributed by atoms with Crippen LogP contribution in [-0.4, -0.2) is 28.1 Å². The van der Waals surface area contributed by atoms with E-state index < -0.39 is 5.60 Å². The van der Waals surface area contributed by atoms with Gasteiger partial charge < -0.3 is 9.64 Å². The SMILES string of the molecule is CC(C)(C)OC(=O)N1CCc2ncc(C3CC3)cc2C1. The summed E-state index contributed by atoms with van der Waals surface area (Å²) in [4.78, 5) is 18.5. The van der Waals surface area contributed by atoms with Crippen molar-refractivity contribution in [2.45, 2.75) is 58.1 Å². The molecule has 20 heavy (non-hydrogen) atoms. The van der Waals surface area contributed by atoms with Crippen molar-refractivity contribution in [1.29, 1.82) is 0 Å². The monoisotopic (exact) mass is 274 g/mol. The number of pyridine rings is 1. The number of nitrogens with zero attached hydrogens (tertiary/aromatic N) is 2. The molecule has 0 N–H and O–H groups in total. The Labute approximate surface area is 120 Å². The minimum absolute atomic E-state index is 0.222. The van der Waals surface area contributed by atoms with Crippen LogP contribution in [0.25, 0.3) is 0 Å². The number of rotatable bonds is 1. The Morgan fingerprint density at radius 1 is 1.40 bits per heavy atom. The van der Waals surface area contributed by atoms with E-state index >= 15 is 0 Å². The van der Waals surface area contributed by atoms with Gasteiger partial charge in [0.15, 0.2) is 0 Å². The number of fused-ring (bicyclic) bond motifs is 1. The van der Waals surface area contributed by atoms with Gasteiger partial charge in [0.25, 0.3) is 0 Å². The number of hydrogen-bond donors (Lipinski definition) is 0. The fourth-order valence-electron chi connectivity index (χ4n) is 2.57. The highest BCUT2D eigenvalue weighted by Crippen LogP contribution is 2.40. The molecule has 0 bridgehead atoms. The van der Waals surface area contributed by atoms with Crippen LogP contribution in [0.3, 0.4) is 0 Å². The summed E-state index contributed by atoms with van der Waals surface area (Å²) in [5, 5.41) is 0. The normalized spacial score (nSPS) is 18.6. The molecule has 0 saturated heterocycles. The smallest absolute Gasteiger partial charge is 0.410 e.